The van der Waals surface area contributed by atoms with E-state index in [1.54, 1.807) is 7.11 Å². The van der Waals surface area contributed by atoms with Gasteiger partial charge < -0.3 is 24.5 Å². The van der Waals surface area contributed by atoms with Crippen LogP contribution in [-0.2, 0) is 19.1 Å². The number of fused-ring (bicyclic) bond motifs is 1. The first-order valence-corrected chi connectivity index (χ1v) is 8.47. The van der Waals surface area contributed by atoms with Gasteiger partial charge in [0.15, 0.2) is 0 Å². The maximum Gasteiger partial charge on any atom is 0.490 e. The molecule has 2 aliphatic rings. The van der Waals surface area contributed by atoms with Gasteiger partial charge in [0.25, 0.3) is 0 Å². The molecule has 0 radical (unpaired) electrons. The summed E-state index contributed by atoms with van der Waals surface area (Å²) in [5, 5.41) is 7.12. The second-order valence-corrected chi connectivity index (χ2v) is 6.80. The van der Waals surface area contributed by atoms with Crippen LogP contribution < -0.4 is 0 Å². The van der Waals surface area contributed by atoms with Gasteiger partial charge in [-0.1, -0.05) is 0 Å². The number of carboxylic acid groups (broad SMARTS) is 1. The lowest BCUT2D eigenvalue weighted by atomic mass is 10.0. The van der Waals surface area contributed by atoms with Gasteiger partial charge in [-0.2, -0.15) is 13.2 Å². The predicted octanol–water partition coefficient (Wildman–Crippen LogP) is 0.135. The van der Waals surface area contributed by atoms with Gasteiger partial charge in [0.1, 0.15) is 0 Å². The molecule has 2 heterocycles. The monoisotopic (exact) mass is 397 g/mol. The minimum atomic E-state index is -5.08. The Kier molecular flexibility index (Phi) is 8.48. The molecule has 0 aliphatic carbocycles. The van der Waals surface area contributed by atoms with Crippen molar-refractivity contribution >= 4 is 17.8 Å². The van der Waals surface area contributed by atoms with E-state index < -0.39 is 12.1 Å². The van der Waals surface area contributed by atoms with Crippen LogP contribution in [0.2, 0.25) is 0 Å². The number of nitrogens with zero attached hydrogens (tertiary/aromatic N) is 3. The molecule has 2 saturated heterocycles. The zero-order valence-corrected chi connectivity index (χ0v) is 15.7. The first-order chi connectivity index (χ1) is 12.5. The van der Waals surface area contributed by atoms with Crippen LogP contribution in [0, 0.1) is 11.8 Å². The topological polar surface area (TPSA) is 90.4 Å². The van der Waals surface area contributed by atoms with Crippen LogP contribution in [0.4, 0.5) is 13.2 Å². The van der Waals surface area contributed by atoms with Crippen LogP contribution in [0.3, 0.4) is 0 Å². The maximum atomic E-state index is 12.3. The third-order valence-electron chi connectivity index (χ3n) is 4.46. The van der Waals surface area contributed by atoms with Crippen LogP contribution in [0.1, 0.15) is 6.42 Å². The molecule has 0 aromatic carbocycles. The number of carbonyl (C=O) groups excluding carboxylic acids is 2. The Bertz CT molecular complexity index is 542. The van der Waals surface area contributed by atoms with Gasteiger partial charge in [0, 0.05) is 45.8 Å². The average molecular weight is 397 g/mol. The lowest BCUT2D eigenvalue weighted by molar-refractivity contribution is -0.192. The lowest BCUT2D eigenvalue weighted by Gasteiger charge is -2.23. The Balaban J connectivity index is 0.000000445. The van der Waals surface area contributed by atoms with Crippen LogP contribution >= 0.6 is 0 Å². The number of halogens is 3. The maximum absolute atomic E-state index is 12.3. The molecule has 0 unspecified atom stereocenters. The first-order valence-electron chi connectivity index (χ1n) is 8.47. The molecule has 8 nitrogen and oxygen atoms in total. The van der Waals surface area contributed by atoms with Crippen molar-refractivity contribution in [2.75, 3.05) is 60.5 Å². The molecule has 0 aromatic heterocycles. The van der Waals surface area contributed by atoms with Gasteiger partial charge in [-0.15, -0.1) is 0 Å². The minimum absolute atomic E-state index is 0.0173. The van der Waals surface area contributed by atoms with Crippen molar-refractivity contribution in [1.29, 1.82) is 0 Å². The van der Waals surface area contributed by atoms with Crippen molar-refractivity contribution in [3.05, 3.63) is 0 Å². The zero-order valence-electron chi connectivity index (χ0n) is 15.7. The molecule has 2 aliphatic heterocycles. The van der Waals surface area contributed by atoms with E-state index >= 15 is 0 Å². The highest BCUT2D eigenvalue weighted by Crippen LogP contribution is 2.32. The Morgan fingerprint density at radius 3 is 2.30 bits per heavy atom. The number of ether oxygens (including phenoxy) is 1. The summed E-state index contributed by atoms with van der Waals surface area (Å²) in [6.45, 7) is 4.24. The van der Waals surface area contributed by atoms with E-state index in [4.69, 9.17) is 14.6 Å². The molecule has 11 heteroatoms. The molecular formula is C16H26F3N3O5. The standard InChI is InChI=1S/C14H25N3O3.C2HF3O2/c1-15(2)5-6-16-8-11-9-17(10-12(11)14(16)19)13(18)4-7-20-3;3-2(4,5)1(6)7/h11-12H,4-10H2,1-3H3;(H,6,7)/t11-,12+;/m1./s1. The molecule has 0 spiro atoms. The van der Waals surface area contributed by atoms with Gasteiger partial charge in [-0.05, 0) is 14.1 Å². The molecule has 156 valence electrons. The largest absolute Gasteiger partial charge is 0.490 e. The number of hydrogen-bond donors (Lipinski definition) is 1. The third kappa shape index (κ3) is 6.98. The van der Waals surface area contributed by atoms with Crippen LogP contribution in [-0.4, -0.2) is 104 Å². The number of alkyl halides is 3. The molecular weight excluding hydrogens is 371 g/mol. The van der Waals surface area contributed by atoms with Crippen molar-refractivity contribution in [3.63, 3.8) is 0 Å². The fourth-order valence-corrected chi connectivity index (χ4v) is 3.02. The number of methoxy groups -OCH3 is 1. The van der Waals surface area contributed by atoms with Gasteiger partial charge in [-0.3, -0.25) is 9.59 Å². The number of carbonyl (C=O) groups is 3. The highest BCUT2D eigenvalue weighted by Gasteiger charge is 2.46. The van der Waals surface area contributed by atoms with E-state index in [0.717, 1.165) is 26.2 Å². The summed E-state index contributed by atoms with van der Waals surface area (Å²) < 4.78 is 36.7. The van der Waals surface area contributed by atoms with Gasteiger partial charge >= 0.3 is 12.1 Å². The Labute approximate surface area is 155 Å². The van der Waals surface area contributed by atoms with E-state index in [1.165, 1.54) is 0 Å². The average Bonchev–Trinajstić information content (AvgIpc) is 3.10. The highest BCUT2D eigenvalue weighted by atomic mass is 19.4. The normalized spacial score (nSPS) is 22.0. The van der Waals surface area contributed by atoms with Crippen molar-refractivity contribution in [1.82, 2.24) is 14.7 Å². The third-order valence-corrected chi connectivity index (χ3v) is 4.46. The van der Waals surface area contributed by atoms with Crippen molar-refractivity contribution in [2.24, 2.45) is 11.8 Å². The summed E-state index contributed by atoms with van der Waals surface area (Å²) in [6, 6.07) is 0. The van der Waals surface area contributed by atoms with E-state index in [2.05, 4.69) is 4.90 Å². The van der Waals surface area contributed by atoms with E-state index in [1.807, 2.05) is 23.9 Å². The smallest absolute Gasteiger partial charge is 0.475 e. The molecule has 1 N–H and O–H groups in total. The first kappa shape index (κ1) is 23.2. The molecule has 2 atom stereocenters. The number of amides is 2. The minimum Gasteiger partial charge on any atom is -0.475 e. The lowest BCUT2D eigenvalue weighted by Crippen LogP contribution is -2.38. The zero-order chi connectivity index (χ0) is 20.8. The molecule has 2 rings (SSSR count). The number of aliphatic carboxylic acids is 1. The van der Waals surface area contributed by atoms with Crippen LogP contribution in [0.15, 0.2) is 0 Å². The van der Waals surface area contributed by atoms with E-state index in [9.17, 15) is 22.8 Å². The summed E-state index contributed by atoms with van der Waals surface area (Å²) in [7, 11) is 5.62. The SMILES string of the molecule is COCCC(=O)N1C[C@H]2CN(CCN(C)C)C(=O)[C@H]2C1.O=C(O)C(F)(F)F. The molecule has 27 heavy (non-hydrogen) atoms. The Morgan fingerprint density at radius 2 is 1.85 bits per heavy atom. The Morgan fingerprint density at radius 1 is 1.26 bits per heavy atom. The predicted molar refractivity (Wildman–Crippen MR) is 88.9 cm³/mol. The summed E-state index contributed by atoms with van der Waals surface area (Å²) in [5.74, 6) is -2.10. The van der Waals surface area contributed by atoms with Crippen LogP contribution in [0.5, 0.6) is 0 Å². The molecule has 2 amide bonds. The fourth-order valence-electron chi connectivity index (χ4n) is 3.02. The summed E-state index contributed by atoms with van der Waals surface area (Å²) in [5.41, 5.74) is 0. The molecule has 0 aromatic rings. The van der Waals surface area contributed by atoms with E-state index in [-0.39, 0.29) is 17.7 Å². The van der Waals surface area contributed by atoms with Gasteiger partial charge in [0.2, 0.25) is 11.8 Å². The fraction of sp³-hybridized carbons (Fsp3) is 0.812. The molecule has 0 bridgehead atoms. The number of likely N-dealkylation sites (N-methyl/N-ethyl adjacent to an activating group) is 1. The molecule has 0 saturated carbocycles. The Hall–Kier alpha value is -1.88. The van der Waals surface area contributed by atoms with Crippen LogP contribution in [0.25, 0.3) is 0 Å². The summed E-state index contributed by atoms with van der Waals surface area (Å²) in [6.07, 6.45) is -4.67. The number of carboxylic acids is 1. The number of hydrogen-bond acceptors (Lipinski definition) is 5. The number of likely N-dealkylation sites (tertiary alicyclic amines) is 2. The second kappa shape index (κ2) is 9.88. The highest BCUT2D eigenvalue weighted by molar-refractivity contribution is 5.84. The summed E-state index contributed by atoms with van der Waals surface area (Å²) >= 11 is 0. The quantitative estimate of drug-likeness (QED) is 0.686. The van der Waals surface area contributed by atoms with Crippen molar-refractivity contribution < 1.29 is 37.4 Å². The van der Waals surface area contributed by atoms with Crippen molar-refractivity contribution in [3.8, 4) is 0 Å². The molecule has 2 fully saturated rings. The second-order valence-electron chi connectivity index (χ2n) is 6.80. The summed E-state index contributed by atoms with van der Waals surface area (Å²) in [4.78, 5) is 39.0. The number of rotatable bonds is 6. The van der Waals surface area contributed by atoms with Gasteiger partial charge in [-0.25, -0.2) is 4.79 Å². The van der Waals surface area contributed by atoms with Crippen molar-refractivity contribution in [2.45, 2.75) is 12.6 Å². The van der Waals surface area contributed by atoms with Gasteiger partial charge in [0.05, 0.1) is 18.9 Å². The van der Waals surface area contributed by atoms with E-state index in [0.29, 0.717) is 25.5 Å².